The third kappa shape index (κ3) is 2.32. The van der Waals surface area contributed by atoms with Crippen molar-refractivity contribution in [2.24, 2.45) is 0 Å². The number of hydrogen-bond acceptors (Lipinski definition) is 3. The van der Waals surface area contributed by atoms with Gasteiger partial charge in [0.1, 0.15) is 31.0 Å². The number of benzene rings is 2. The van der Waals surface area contributed by atoms with Crippen LogP contribution in [0.2, 0.25) is 0 Å². The van der Waals surface area contributed by atoms with E-state index in [-0.39, 0.29) is 5.56 Å². The smallest absolute Gasteiger partial charge is 0.161 e. The summed E-state index contributed by atoms with van der Waals surface area (Å²) < 4.78 is 37.6. The van der Waals surface area contributed by atoms with Crippen LogP contribution < -0.4 is 9.47 Å². The molecule has 1 aliphatic rings. The molecule has 0 saturated carbocycles. The van der Waals surface area contributed by atoms with Crippen LogP contribution in [0.25, 0.3) is 0 Å². The zero-order valence-corrected chi connectivity index (χ0v) is 10.5. The Bertz CT molecular complexity index is 643. The summed E-state index contributed by atoms with van der Waals surface area (Å²) in [5.41, 5.74) is 0.306. The molecule has 1 heterocycles. The predicted molar refractivity (Wildman–Crippen MR) is 67.9 cm³/mol. The van der Waals surface area contributed by atoms with Gasteiger partial charge in [0.25, 0.3) is 0 Å². The molecule has 5 heteroatoms. The third-order valence-corrected chi connectivity index (χ3v) is 3.13. The molecule has 2 aromatic carbocycles. The van der Waals surface area contributed by atoms with Crippen molar-refractivity contribution in [3.63, 3.8) is 0 Å². The zero-order chi connectivity index (χ0) is 14.1. The second kappa shape index (κ2) is 5.09. The van der Waals surface area contributed by atoms with Gasteiger partial charge in [0.15, 0.2) is 11.5 Å². The van der Waals surface area contributed by atoms with E-state index in [0.29, 0.717) is 30.3 Å². The van der Waals surface area contributed by atoms with Crippen LogP contribution in [0.5, 0.6) is 11.5 Å². The van der Waals surface area contributed by atoms with Crippen molar-refractivity contribution in [3.8, 4) is 11.5 Å². The molecule has 0 aromatic heterocycles. The Hall–Kier alpha value is -2.14. The number of rotatable bonds is 2. The molecule has 0 radical (unpaired) electrons. The zero-order valence-electron chi connectivity index (χ0n) is 10.5. The minimum absolute atomic E-state index is 0.110. The minimum atomic E-state index is -1.26. The standard InChI is InChI=1S/C15H12F2O3/c16-10-2-3-12(17)11(8-10)15(18)9-1-4-13-14(7-9)20-6-5-19-13/h1-4,7-8,15,18H,5-6H2. The van der Waals surface area contributed by atoms with Gasteiger partial charge in [-0.25, -0.2) is 8.78 Å². The van der Waals surface area contributed by atoms with Crippen molar-refractivity contribution >= 4 is 0 Å². The van der Waals surface area contributed by atoms with Crippen molar-refractivity contribution < 1.29 is 23.4 Å². The van der Waals surface area contributed by atoms with Gasteiger partial charge in [-0.2, -0.15) is 0 Å². The average Bonchev–Trinajstić information content (AvgIpc) is 2.48. The number of aliphatic hydroxyl groups excluding tert-OH is 1. The molecule has 1 aliphatic heterocycles. The van der Waals surface area contributed by atoms with E-state index in [4.69, 9.17) is 9.47 Å². The number of aliphatic hydroxyl groups is 1. The van der Waals surface area contributed by atoms with Gasteiger partial charge >= 0.3 is 0 Å². The highest BCUT2D eigenvalue weighted by molar-refractivity contribution is 5.46. The fourth-order valence-corrected chi connectivity index (χ4v) is 2.13. The lowest BCUT2D eigenvalue weighted by molar-refractivity contribution is 0.169. The molecule has 0 spiro atoms. The van der Waals surface area contributed by atoms with Crippen LogP contribution in [0.1, 0.15) is 17.2 Å². The molecule has 3 nitrogen and oxygen atoms in total. The summed E-state index contributed by atoms with van der Waals surface area (Å²) in [6.07, 6.45) is -1.26. The molecule has 0 bridgehead atoms. The lowest BCUT2D eigenvalue weighted by Crippen LogP contribution is -2.15. The molecule has 2 aromatic rings. The van der Waals surface area contributed by atoms with Crippen molar-refractivity contribution in [1.29, 1.82) is 0 Å². The second-order valence-electron chi connectivity index (χ2n) is 4.47. The molecule has 0 saturated heterocycles. The summed E-state index contributed by atoms with van der Waals surface area (Å²) in [5.74, 6) is -0.191. The maximum absolute atomic E-state index is 13.7. The van der Waals surface area contributed by atoms with Gasteiger partial charge in [0.05, 0.1) is 0 Å². The SMILES string of the molecule is OC(c1ccc2c(c1)OCCO2)c1cc(F)ccc1F. The Morgan fingerprint density at radius 1 is 0.950 bits per heavy atom. The van der Waals surface area contributed by atoms with E-state index in [9.17, 15) is 13.9 Å². The first-order valence-electron chi connectivity index (χ1n) is 6.18. The van der Waals surface area contributed by atoms with E-state index in [1.165, 1.54) is 0 Å². The summed E-state index contributed by atoms with van der Waals surface area (Å²) >= 11 is 0. The van der Waals surface area contributed by atoms with Crippen LogP contribution in [0, 0.1) is 11.6 Å². The van der Waals surface area contributed by atoms with Gasteiger partial charge in [-0.05, 0) is 35.9 Å². The predicted octanol–water partition coefficient (Wildman–Crippen LogP) is 2.82. The fourth-order valence-electron chi connectivity index (χ4n) is 2.13. The Morgan fingerprint density at radius 2 is 1.70 bits per heavy atom. The molecule has 1 unspecified atom stereocenters. The fraction of sp³-hybridized carbons (Fsp3) is 0.200. The molecule has 20 heavy (non-hydrogen) atoms. The molecule has 0 amide bonds. The van der Waals surface area contributed by atoms with E-state index >= 15 is 0 Å². The molecular formula is C15H12F2O3. The molecule has 104 valence electrons. The molecule has 0 aliphatic carbocycles. The first kappa shape index (κ1) is 12.9. The molecule has 1 atom stereocenters. The highest BCUT2D eigenvalue weighted by atomic mass is 19.1. The van der Waals surface area contributed by atoms with Gasteiger partial charge < -0.3 is 14.6 Å². The Kier molecular flexibility index (Phi) is 3.28. The normalized spacial score (nSPS) is 14.9. The number of hydrogen-bond donors (Lipinski definition) is 1. The molecule has 3 rings (SSSR count). The van der Waals surface area contributed by atoms with Crippen LogP contribution >= 0.6 is 0 Å². The van der Waals surface area contributed by atoms with Crippen LogP contribution in [0.4, 0.5) is 8.78 Å². The maximum atomic E-state index is 13.7. The van der Waals surface area contributed by atoms with Gasteiger partial charge in [-0.3, -0.25) is 0 Å². The summed E-state index contributed by atoms with van der Waals surface area (Å²) in [5, 5.41) is 10.2. The highest BCUT2D eigenvalue weighted by Crippen LogP contribution is 2.34. The summed E-state index contributed by atoms with van der Waals surface area (Å²) in [6, 6.07) is 7.80. The lowest BCUT2D eigenvalue weighted by atomic mass is 10.0. The first-order chi connectivity index (χ1) is 9.65. The average molecular weight is 278 g/mol. The Morgan fingerprint density at radius 3 is 2.50 bits per heavy atom. The number of halogens is 2. The largest absolute Gasteiger partial charge is 0.486 e. The Balaban J connectivity index is 1.97. The van der Waals surface area contributed by atoms with E-state index in [1.54, 1.807) is 18.2 Å². The first-order valence-corrected chi connectivity index (χ1v) is 6.18. The molecular weight excluding hydrogens is 266 g/mol. The quantitative estimate of drug-likeness (QED) is 0.918. The van der Waals surface area contributed by atoms with Gasteiger partial charge in [-0.15, -0.1) is 0 Å². The van der Waals surface area contributed by atoms with Gasteiger partial charge in [-0.1, -0.05) is 6.07 Å². The minimum Gasteiger partial charge on any atom is -0.486 e. The van der Waals surface area contributed by atoms with Gasteiger partial charge in [0, 0.05) is 5.56 Å². The second-order valence-corrected chi connectivity index (χ2v) is 4.47. The number of ether oxygens (including phenoxy) is 2. The van der Waals surface area contributed by atoms with E-state index in [0.717, 1.165) is 18.2 Å². The monoisotopic (exact) mass is 278 g/mol. The molecule has 1 N–H and O–H groups in total. The third-order valence-electron chi connectivity index (χ3n) is 3.13. The van der Waals surface area contributed by atoms with Crippen LogP contribution in [0.15, 0.2) is 36.4 Å². The lowest BCUT2D eigenvalue weighted by Gasteiger charge is -2.20. The summed E-state index contributed by atoms with van der Waals surface area (Å²) in [7, 11) is 0. The highest BCUT2D eigenvalue weighted by Gasteiger charge is 2.19. The Labute approximate surface area is 114 Å². The van der Waals surface area contributed by atoms with E-state index in [2.05, 4.69) is 0 Å². The van der Waals surface area contributed by atoms with Crippen molar-refractivity contribution in [2.75, 3.05) is 13.2 Å². The van der Waals surface area contributed by atoms with Crippen LogP contribution in [-0.2, 0) is 0 Å². The number of fused-ring (bicyclic) bond motifs is 1. The van der Waals surface area contributed by atoms with Gasteiger partial charge in [0.2, 0.25) is 0 Å². The maximum Gasteiger partial charge on any atom is 0.161 e. The van der Waals surface area contributed by atoms with Crippen molar-refractivity contribution in [2.45, 2.75) is 6.10 Å². The van der Waals surface area contributed by atoms with Crippen molar-refractivity contribution in [3.05, 3.63) is 59.2 Å². The van der Waals surface area contributed by atoms with Crippen molar-refractivity contribution in [1.82, 2.24) is 0 Å². The van der Waals surface area contributed by atoms with E-state index in [1.807, 2.05) is 0 Å². The summed E-state index contributed by atoms with van der Waals surface area (Å²) in [6.45, 7) is 0.883. The van der Waals surface area contributed by atoms with E-state index < -0.39 is 17.7 Å². The summed E-state index contributed by atoms with van der Waals surface area (Å²) in [4.78, 5) is 0. The van der Waals surface area contributed by atoms with Crippen LogP contribution in [-0.4, -0.2) is 18.3 Å². The molecule has 0 fully saturated rings. The van der Waals surface area contributed by atoms with Crippen LogP contribution in [0.3, 0.4) is 0 Å². The topological polar surface area (TPSA) is 38.7 Å².